The highest BCUT2D eigenvalue weighted by Crippen LogP contribution is 2.21. The first-order valence-corrected chi connectivity index (χ1v) is 5.37. The number of phenolic OH excluding ortho intramolecular Hbond substituents is 1. The van der Waals surface area contributed by atoms with Crippen molar-refractivity contribution in [3.63, 3.8) is 0 Å². The number of halogens is 1. The van der Waals surface area contributed by atoms with Crippen molar-refractivity contribution < 1.29 is 5.11 Å². The van der Waals surface area contributed by atoms with Crippen LogP contribution >= 0.6 is 28.6 Å². The number of thiol groups is 1. The van der Waals surface area contributed by atoms with Gasteiger partial charge in [-0.25, -0.2) is 0 Å². The zero-order valence-electron chi connectivity index (χ0n) is 6.63. The van der Waals surface area contributed by atoms with Crippen molar-refractivity contribution in [2.45, 2.75) is 17.7 Å². The van der Waals surface area contributed by atoms with Crippen LogP contribution in [0.15, 0.2) is 23.1 Å². The molecule has 0 radical (unpaired) electrons. The van der Waals surface area contributed by atoms with Crippen molar-refractivity contribution in [3.8, 4) is 5.75 Å². The van der Waals surface area contributed by atoms with Crippen LogP contribution < -0.4 is 0 Å². The zero-order chi connectivity index (χ0) is 8.97. The summed E-state index contributed by atoms with van der Waals surface area (Å²) in [6, 6.07) is 5.29. The second-order valence-corrected chi connectivity index (χ2v) is 3.88. The first kappa shape index (κ1) is 9.93. The lowest BCUT2D eigenvalue weighted by Crippen LogP contribution is -1.87. The summed E-state index contributed by atoms with van der Waals surface area (Å²) in [5, 5.41) is 10.1. The van der Waals surface area contributed by atoms with E-state index in [1.807, 2.05) is 6.07 Å². The van der Waals surface area contributed by atoms with Crippen molar-refractivity contribution >= 4 is 28.6 Å². The van der Waals surface area contributed by atoms with Gasteiger partial charge in [0.05, 0.1) is 0 Å². The number of rotatable bonds is 3. The lowest BCUT2D eigenvalue weighted by atomic mass is 10.1. The summed E-state index contributed by atoms with van der Waals surface area (Å²) in [6.45, 7) is 0. The predicted octanol–water partition coefficient (Wildman–Crippen LogP) is 3.01. The lowest BCUT2D eigenvalue weighted by Gasteiger charge is -2.03. The highest BCUT2D eigenvalue weighted by molar-refractivity contribution is 9.09. The molecule has 0 unspecified atom stereocenters. The van der Waals surface area contributed by atoms with Crippen molar-refractivity contribution in [2.75, 3.05) is 5.33 Å². The molecule has 12 heavy (non-hydrogen) atoms. The van der Waals surface area contributed by atoms with E-state index in [0.717, 1.165) is 23.1 Å². The second-order valence-electron chi connectivity index (χ2n) is 2.61. The fourth-order valence-electron chi connectivity index (χ4n) is 1.02. The van der Waals surface area contributed by atoms with Gasteiger partial charge >= 0.3 is 0 Å². The fourth-order valence-corrected chi connectivity index (χ4v) is 1.62. The topological polar surface area (TPSA) is 20.2 Å². The van der Waals surface area contributed by atoms with E-state index in [2.05, 4.69) is 28.6 Å². The maximum Gasteiger partial charge on any atom is 0.116 e. The number of phenols is 1. The number of hydrogen-bond acceptors (Lipinski definition) is 2. The molecule has 1 aromatic rings. The average Bonchev–Trinajstić information content (AvgIpc) is 2.03. The van der Waals surface area contributed by atoms with Crippen molar-refractivity contribution in [1.29, 1.82) is 0 Å². The Hall–Kier alpha value is -0.150. The molecule has 66 valence electrons. The molecule has 0 amide bonds. The molecule has 0 bridgehead atoms. The molecule has 0 aliphatic carbocycles. The molecule has 3 heteroatoms. The SMILES string of the molecule is Oc1ccc(CCCBr)c(S)c1. The third-order valence-electron chi connectivity index (χ3n) is 1.65. The molecule has 1 N–H and O–H groups in total. The molecule has 1 aromatic carbocycles. The minimum absolute atomic E-state index is 0.280. The molecule has 0 heterocycles. The highest BCUT2D eigenvalue weighted by atomic mass is 79.9. The van der Waals surface area contributed by atoms with Gasteiger partial charge in [-0.15, -0.1) is 12.6 Å². The molecular formula is C9H11BrOS. The van der Waals surface area contributed by atoms with E-state index >= 15 is 0 Å². The van der Waals surface area contributed by atoms with Gasteiger partial charge in [0.1, 0.15) is 5.75 Å². The summed E-state index contributed by atoms with van der Waals surface area (Å²) >= 11 is 7.64. The summed E-state index contributed by atoms with van der Waals surface area (Å²) in [6.07, 6.45) is 2.10. The van der Waals surface area contributed by atoms with E-state index in [9.17, 15) is 0 Å². The lowest BCUT2D eigenvalue weighted by molar-refractivity contribution is 0.473. The average molecular weight is 247 g/mol. The third-order valence-corrected chi connectivity index (χ3v) is 2.63. The van der Waals surface area contributed by atoms with E-state index in [-0.39, 0.29) is 5.75 Å². The number of alkyl halides is 1. The third kappa shape index (κ3) is 2.72. The van der Waals surface area contributed by atoms with Gasteiger partial charge in [0.2, 0.25) is 0 Å². The van der Waals surface area contributed by atoms with Gasteiger partial charge in [-0.2, -0.15) is 0 Å². The van der Waals surface area contributed by atoms with Crippen molar-refractivity contribution in [2.24, 2.45) is 0 Å². The normalized spacial score (nSPS) is 10.2. The molecular weight excluding hydrogens is 236 g/mol. The van der Waals surface area contributed by atoms with Crippen LogP contribution in [-0.4, -0.2) is 10.4 Å². The predicted molar refractivity (Wildman–Crippen MR) is 57.5 cm³/mol. The molecule has 0 fully saturated rings. The maximum atomic E-state index is 9.10. The molecule has 0 saturated heterocycles. The Balaban J connectivity index is 2.72. The van der Waals surface area contributed by atoms with E-state index in [4.69, 9.17) is 5.11 Å². The molecule has 0 saturated carbocycles. The van der Waals surface area contributed by atoms with Gasteiger partial charge in [-0.05, 0) is 30.5 Å². The summed E-state index contributed by atoms with van der Waals surface area (Å²) in [4.78, 5) is 0.871. The molecule has 0 atom stereocenters. The van der Waals surface area contributed by atoms with Crippen LogP contribution in [-0.2, 0) is 6.42 Å². The minimum atomic E-state index is 0.280. The van der Waals surface area contributed by atoms with Gasteiger partial charge in [0, 0.05) is 10.2 Å². The monoisotopic (exact) mass is 246 g/mol. The molecule has 0 aliphatic rings. The Bertz CT molecular complexity index is 263. The van der Waals surface area contributed by atoms with Crippen LogP contribution in [0.5, 0.6) is 5.75 Å². The summed E-state index contributed by atoms with van der Waals surface area (Å²) in [5.41, 5.74) is 1.19. The smallest absolute Gasteiger partial charge is 0.116 e. The Morgan fingerprint density at radius 3 is 2.75 bits per heavy atom. The second kappa shape index (κ2) is 4.77. The van der Waals surface area contributed by atoms with Gasteiger partial charge in [-0.1, -0.05) is 22.0 Å². The standard InChI is InChI=1S/C9H11BrOS/c10-5-1-2-7-3-4-8(11)6-9(7)12/h3-4,6,11-12H,1-2,5H2. The van der Waals surface area contributed by atoms with E-state index in [0.29, 0.717) is 0 Å². The Kier molecular flexibility index (Phi) is 3.95. The number of aryl methyl sites for hydroxylation is 1. The molecule has 0 aromatic heterocycles. The first-order valence-electron chi connectivity index (χ1n) is 3.81. The molecule has 1 nitrogen and oxygen atoms in total. The summed E-state index contributed by atoms with van der Waals surface area (Å²) in [5.74, 6) is 0.280. The Morgan fingerprint density at radius 1 is 1.42 bits per heavy atom. The number of aromatic hydroxyl groups is 1. The minimum Gasteiger partial charge on any atom is -0.508 e. The Labute approximate surface area is 86.3 Å². The van der Waals surface area contributed by atoms with Crippen LogP contribution in [0.25, 0.3) is 0 Å². The highest BCUT2D eigenvalue weighted by Gasteiger charge is 1.98. The van der Waals surface area contributed by atoms with Gasteiger partial charge < -0.3 is 5.11 Å². The van der Waals surface area contributed by atoms with Gasteiger partial charge in [0.15, 0.2) is 0 Å². The van der Waals surface area contributed by atoms with Crippen LogP contribution in [0, 0.1) is 0 Å². The van der Waals surface area contributed by atoms with E-state index < -0.39 is 0 Å². The van der Waals surface area contributed by atoms with E-state index in [1.165, 1.54) is 5.56 Å². The van der Waals surface area contributed by atoms with Crippen LogP contribution in [0.2, 0.25) is 0 Å². The largest absolute Gasteiger partial charge is 0.508 e. The van der Waals surface area contributed by atoms with Gasteiger partial charge in [-0.3, -0.25) is 0 Å². The van der Waals surface area contributed by atoms with Crippen molar-refractivity contribution in [1.82, 2.24) is 0 Å². The fraction of sp³-hybridized carbons (Fsp3) is 0.333. The Morgan fingerprint density at radius 2 is 2.17 bits per heavy atom. The molecule has 0 spiro atoms. The molecule has 0 aliphatic heterocycles. The number of hydrogen-bond donors (Lipinski definition) is 2. The van der Waals surface area contributed by atoms with Crippen molar-refractivity contribution in [3.05, 3.63) is 23.8 Å². The number of benzene rings is 1. The zero-order valence-corrected chi connectivity index (χ0v) is 9.11. The van der Waals surface area contributed by atoms with Crippen LogP contribution in [0.4, 0.5) is 0 Å². The van der Waals surface area contributed by atoms with Crippen LogP contribution in [0.1, 0.15) is 12.0 Å². The van der Waals surface area contributed by atoms with E-state index in [1.54, 1.807) is 12.1 Å². The first-order chi connectivity index (χ1) is 5.74. The maximum absolute atomic E-state index is 9.10. The summed E-state index contributed by atoms with van der Waals surface area (Å²) in [7, 11) is 0. The quantitative estimate of drug-likeness (QED) is 0.621. The van der Waals surface area contributed by atoms with Gasteiger partial charge in [0.25, 0.3) is 0 Å². The summed E-state index contributed by atoms with van der Waals surface area (Å²) < 4.78 is 0. The molecule has 1 rings (SSSR count). The van der Waals surface area contributed by atoms with Crippen LogP contribution in [0.3, 0.4) is 0 Å².